The third-order valence-corrected chi connectivity index (χ3v) is 4.69. The van der Waals surface area contributed by atoms with E-state index in [1.807, 2.05) is 31.3 Å². The predicted octanol–water partition coefficient (Wildman–Crippen LogP) is 3.43. The number of nitrogens with two attached hydrogens (primary N) is 1. The van der Waals surface area contributed by atoms with Crippen LogP contribution in [0.15, 0.2) is 40.3 Å². The number of halogens is 1. The van der Waals surface area contributed by atoms with Crippen molar-refractivity contribution in [1.82, 2.24) is 9.88 Å². The highest BCUT2D eigenvalue weighted by atomic mass is 79.9. The summed E-state index contributed by atoms with van der Waals surface area (Å²) in [5.41, 5.74) is 7.22. The van der Waals surface area contributed by atoms with E-state index in [9.17, 15) is 0 Å². The fraction of sp³-hybridized carbons (Fsp3) is 0.357. The summed E-state index contributed by atoms with van der Waals surface area (Å²) in [6.45, 7) is 2.84. The topological polar surface area (TPSA) is 42.1 Å². The third kappa shape index (κ3) is 3.86. The van der Waals surface area contributed by atoms with Crippen molar-refractivity contribution in [3.63, 3.8) is 0 Å². The Hall–Kier alpha value is -0.750. The molecule has 0 saturated heterocycles. The molecule has 19 heavy (non-hydrogen) atoms. The molecular weight excluding hydrogens is 322 g/mol. The predicted molar refractivity (Wildman–Crippen MR) is 84.1 cm³/mol. The minimum atomic E-state index is 0.0688. The van der Waals surface area contributed by atoms with E-state index in [1.54, 1.807) is 11.3 Å². The molecule has 0 fully saturated rings. The maximum absolute atomic E-state index is 6.16. The average molecular weight is 340 g/mol. The normalized spacial score (nSPS) is 14.6. The van der Waals surface area contributed by atoms with Gasteiger partial charge in [0.15, 0.2) is 0 Å². The molecule has 3 nitrogen and oxygen atoms in total. The highest BCUT2D eigenvalue weighted by Gasteiger charge is 2.23. The van der Waals surface area contributed by atoms with E-state index in [4.69, 9.17) is 5.73 Å². The molecule has 0 saturated carbocycles. The number of hydrogen-bond donors (Lipinski definition) is 1. The van der Waals surface area contributed by atoms with Crippen molar-refractivity contribution in [3.05, 3.63) is 50.9 Å². The van der Waals surface area contributed by atoms with Gasteiger partial charge in [-0.3, -0.25) is 9.88 Å². The van der Waals surface area contributed by atoms with Crippen LogP contribution in [0.5, 0.6) is 0 Å². The van der Waals surface area contributed by atoms with E-state index >= 15 is 0 Å². The highest BCUT2D eigenvalue weighted by molar-refractivity contribution is 9.11. The van der Waals surface area contributed by atoms with Gasteiger partial charge in [0.25, 0.3) is 0 Å². The first-order valence-corrected chi connectivity index (χ1v) is 7.80. The van der Waals surface area contributed by atoms with Crippen LogP contribution in [-0.4, -0.2) is 23.0 Å². The molecular formula is C14H18BrN3S. The van der Waals surface area contributed by atoms with Gasteiger partial charge in [-0.1, -0.05) is 6.07 Å². The van der Waals surface area contributed by atoms with Crippen LogP contribution in [-0.2, 0) is 6.54 Å². The molecule has 0 radical (unpaired) electrons. The molecule has 2 aromatic rings. The molecule has 2 unspecified atom stereocenters. The van der Waals surface area contributed by atoms with E-state index in [0.717, 1.165) is 16.0 Å². The molecule has 5 heteroatoms. The lowest BCUT2D eigenvalue weighted by atomic mass is 10.1. The van der Waals surface area contributed by atoms with Gasteiger partial charge in [0.1, 0.15) is 0 Å². The molecule has 0 bridgehead atoms. The SMILES string of the molecule is CC(N)C(c1ccc(Br)s1)N(C)Cc1ccccn1. The second-order valence-corrected chi connectivity index (χ2v) is 7.18. The van der Waals surface area contributed by atoms with Gasteiger partial charge in [0.05, 0.1) is 15.5 Å². The molecule has 2 rings (SSSR count). The van der Waals surface area contributed by atoms with Crippen molar-refractivity contribution in [2.24, 2.45) is 5.73 Å². The van der Waals surface area contributed by atoms with E-state index in [1.165, 1.54) is 4.88 Å². The van der Waals surface area contributed by atoms with Crippen molar-refractivity contribution in [2.75, 3.05) is 7.05 Å². The summed E-state index contributed by atoms with van der Waals surface area (Å²) in [7, 11) is 2.09. The fourth-order valence-electron chi connectivity index (χ4n) is 2.21. The summed E-state index contributed by atoms with van der Waals surface area (Å²) in [6.07, 6.45) is 1.83. The van der Waals surface area contributed by atoms with E-state index in [0.29, 0.717) is 0 Å². The smallest absolute Gasteiger partial charge is 0.0702 e. The van der Waals surface area contributed by atoms with Crippen LogP contribution in [0.3, 0.4) is 0 Å². The van der Waals surface area contributed by atoms with Gasteiger partial charge >= 0.3 is 0 Å². The number of aromatic nitrogens is 1. The van der Waals surface area contributed by atoms with Gasteiger partial charge in [-0.05, 0) is 54.2 Å². The van der Waals surface area contributed by atoms with Crippen molar-refractivity contribution in [1.29, 1.82) is 0 Å². The number of pyridine rings is 1. The number of likely N-dealkylation sites (N-methyl/N-ethyl adjacent to an activating group) is 1. The first-order valence-electron chi connectivity index (χ1n) is 6.19. The third-order valence-electron chi connectivity index (χ3n) is 3.00. The Morgan fingerprint density at radius 1 is 1.37 bits per heavy atom. The summed E-state index contributed by atoms with van der Waals surface area (Å²) in [5.74, 6) is 0. The molecule has 0 amide bonds. The van der Waals surface area contributed by atoms with Gasteiger partial charge in [-0.15, -0.1) is 11.3 Å². The lowest BCUT2D eigenvalue weighted by Crippen LogP contribution is -2.36. The van der Waals surface area contributed by atoms with Crippen molar-refractivity contribution < 1.29 is 0 Å². The Morgan fingerprint density at radius 2 is 2.16 bits per heavy atom. The maximum atomic E-state index is 6.16. The van der Waals surface area contributed by atoms with Gasteiger partial charge in [-0.25, -0.2) is 0 Å². The summed E-state index contributed by atoms with van der Waals surface area (Å²) >= 11 is 5.25. The fourth-order valence-corrected chi connectivity index (χ4v) is 3.92. The second kappa shape index (κ2) is 6.61. The number of rotatable bonds is 5. The molecule has 0 aliphatic carbocycles. The Labute approximate surface area is 126 Å². The Bertz CT molecular complexity index is 512. The largest absolute Gasteiger partial charge is 0.326 e. The van der Waals surface area contributed by atoms with Crippen molar-refractivity contribution in [2.45, 2.75) is 25.6 Å². The minimum Gasteiger partial charge on any atom is -0.326 e. The quantitative estimate of drug-likeness (QED) is 0.907. The van der Waals surface area contributed by atoms with Gasteiger partial charge < -0.3 is 5.73 Å². The molecule has 2 atom stereocenters. The van der Waals surface area contributed by atoms with Crippen LogP contribution < -0.4 is 5.73 Å². The van der Waals surface area contributed by atoms with Crippen molar-refractivity contribution >= 4 is 27.3 Å². The first kappa shape index (κ1) is 14.7. The van der Waals surface area contributed by atoms with Crippen LogP contribution in [0.4, 0.5) is 0 Å². The van der Waals surface area contributed by atoms with Crippen molar-refractivity contribution in [3.8, 4) is 0 Å². The molecule has 0 aromatic carbocycles. The molecule has 102 valence electrons. The van der Waals surface area contributed by atoms with E-state index < -0.39 is 0 Å². The Balaban J connectivity index is 2.15. The molecule has 0 aliphatic heterocycles. The standard InChI is InChI=1S/C14H18BrN3S/c1-10(16)14(12-6-7-13(15)19-12)18(2)9-11-5-3-4-8-17-11/h3-8,10,14H,9,16H2,1-2H3. The summed E-state index contributed by atoms with van der Waals surface area (Å²) in [6, 6.07) is 10.5. The summed E-state index contributed by atoms with van der Waals surface area (Å²) < 4.78 is 1.14. The van der Waals surface area contributed by atoms with Crippen LogP contribution in [0.25, 0.3) is 0 Å². The summed E-state index contributed by atoms with van der Waals surface area (Å²) in [4.78, 5) is 7.90. The maximum Gasteiger partial charge on any atom is 0.0702 e. The van der Waals surface area contributed by atoms with Crippen LogP contribution in [0.1, 0.15) is 23.5 Å². The van der Waals surface area contributed by atoms with E-state index in [-0.39, 0.29) is 12.1 Å². The van der Waals surface area contributed by atoms with Crippen LogP contribution in [0.2, 0.25) is 0 Å². The Morgan fingerprint density at radius 3 is 2.68 bits per heavy atom. The summed E-state index contributed by atoms with van der Waals surface area (Å²) in [5, 5.41) is 0. The molecule has 0 aliphatic rings. The lowest BCUT2D eigenvalue weighted by Gasteiger charge is -2.30. The van der Waals surface area contributed by atoms with Crippen LogP contribution >= 0.6 is 27.3 Å². The zero-order chi connectivity index (χ0) is 13.8. The zero-order valence-electron chi connectivity index (χ0n) is 11.1. The average Bonchev–Trinajstić information content (AvgIpc) is 2.76. The second-order valence-electron chi connectivity index (χ2n) is 4.68. The molecule has 2 heterocycles. The van der Waals surface area contributed by atoms with E-state index in [2.05, 4.69) is 45.0 Å². The lowest BCUT2D eigenvalue weighted by molar-refractivity contribution is 0.212. The first-order chi connectivity index (χ1) is 9.08. The number of thiophene rings is 1. The Kier molecular flexibility index (Phi) is 5.10. The highest BCUT2D eigenvalue weighted by Crippen LogP contribution is 2.32. The van der Waals surface area contributed by atoms with Gasteiger partial charge in [-0.2, -0.15) is 0 Å². The monoisotopic (exact) mass is 339 g/mol. The molecule has 0 spiro atoms. The van der Waals surface area contributed by atoms with Gasteiger partial charge in [0, 0.05) is 23.7 Å². The number of hydrogen-bond acceptors (Lipinski definition) is 4. The minimum absolute atomic E-state index is 0.0688. The molecule has 2 aromatic heterocycles. The van der Waals surface area contributed by atoms with Crippen LogP contribution in [0, 0.1) is 0 Å². The zero-order valence-corrected chi connectivity index (χ0v) is 13.5. The number of nitrogens with zero attached hydrogens (tertiary/aromatic N) is 2. The molecule has 2 N–H and O–H groups in total. The van der Waals surface area contributed by atoms with Gasteiger partial charge in [0.2, 0.25) is 0 Å².